The first-order chi connectivity index (χ1) is 7.54. The molecule has 0 aliphatic carbocycles. The van der Waals surface area contributed by atoms with Gasteiger partial charge < -0.3 is 5.73 Å². The first-order valence-corrected chi connectivity index (χ1v) is 7.08. The number of nitrogens with two attached hydrogens (primary N) is 1. The van der Waals surface area contributed by atoms with Crippen LogP contribution in [-0.2, 0) is 6.42 Å². The predicted octanol–water partition coefficient (Wildman–Crippen LogP) is 3.54. The van der Waals surface area contributed by atoms with Crippen LogP contribution < -0.4 is 5.73 Å². The highest BCUT2D eigenvalue weighted by Crippen LogP contribution is 2.28. The molecule has 2 heterocycles. The zero-order valence-corrected chi connectivity index (χ0v) is 11.2. The third-order valence-corrected chi connectivity index (χ3v) is 4.24. The molecule has 0 saturated carbocycles. The number of rotatable bonds is 4. The summed E-state index contributed by atoms with van der Waals surface area (Å²) in [4.78, 5) is 5.88. The molecule has 0 spiro atoms. The molecule has 2 N–H and O–H groups in total. The van der Waals surface area contributed by atoms with Crippen molar-refractivity contribution in [2.24, 2.45) is 5.73 Å². The van der Waals surface area contributed by atoms with Crippen molar-refractivity contribution in [3.05, 3.63) is 28.6 Å². The molecule has 0 aliphatic rings. The molecule has 0 aromatic carbocycles. The summed E-state index contributed by atoms with van der Waals surface area (Å²) >= 11 is 3.45. The summed E-state index contributed by atoms with van der Waals surface area (Å²) < 4.78 is 0. The summed E-state index contributed by atoms with van der Waals surface area (Å²) in [6.45, 7) is 4.11. The lowest BCUT2D eigenvalue weighted by molar-refractivity contribution is 0.475. The van der Waals surface area contributed by atoms with Gasteiger partial charge in [0.25, 0.3) is 0 Å². The van der Waals surface area contributed by atoms with Crippen molar-refractivity contribution in [1.82, 2.24) is 4.98 Å². The molecule has 86 valence electrons. The highest BCUT2D eigenvalue weighted by Gasteiger charge is 2.12. The van der Waals surface area contributed by atoms with Crippen LogP contribution in [0.5, 0.6) is 0 Å². The van der Waals surface area contributed by atoms with Crippen LogP contribution in [0, 0.1) is 0 Å². The van der Waals surface area contributed by atoms with E-state index >= 15 is 0 Å². The van der Waals surface area contributed by atoms with Crippen LogP contribution in [0.2, 0.25) is 0 Å². The second-order valence-corrected chi connectivity index (χ2v) is 6.42. The third-order valence-electron chi connectivity index (χ3n) is 2.31. The average molecular weight is 252 g/mol. The Bertz CT molecular complexity index is 438. The summed E-state index contributed by atoms with van der Waals surface area (Å²) in [6, 6.07) is 4.17. The van der Waals surface area contributed by atoms with Crippen molar-refractivity contribution in [3.8, 4) is 9.88 Å². The molecule has 0 radical (unpaired) electrons. The van der Waals surface area contributed by atoms with Gasteiger partial charge in [-0.2, -0.15) is 0 Å². The molecular formula is C12H16N2S2. The molecule has 2 aromatic rings. The maximum atomic E-state index is 5.96. The van der Waals surface area contributed by atoms with Gasteiger partial charge in [-0.1, -0.05) is 6.07 Å². The molecule has 0 unspecified atom stereocenters. The second kappa shape index (κ2) is 4.65. The van der Waals surface area contributed by atoms with Crippen LogP contribution >= 0.6 is 22.7 Å². The maximum absolute atomic E-state index is 5.96. The van der Waals surface area contributed by atoms with E-state index in [0.717, 1.165) is 23.5 Å². The summed E-state index contributed by atoms with van der Waals surface area (Å²) in [5, 5.41) is 5.35. The fourth-order valence-corrected chi connectivity index (χ4v) is 3.05. The Balaban J connectivity index is 2.03. The molecule has 0 fully saturated rings. The van der Waals surface area contributed by atoms with Gasteiger partial charge in [0.2, 0.25) is 0 Å². The Labute approximate surface area is 104 Å². The van der Waals surface area contributed by atoms with Gasteiger partial charge in [0, 0.05) is 10.9 Å². The lowest BCUT2D eigenvalue weighted by Gasteiger charge is -2.16. The topological polar surface area (TPSA) is 38.9 Å². The van der Waals surface area contributed by atoms with Gasteiger partial charge in [-0.05, 0) is 38.1 Å². The van der Waals surface area contributed by atoms with Crippen LogP contribution in [0.4, 0.5) is 0 Å². The van der Waals surface area contributed by atoms with Crippen LogP contribution in [-0.4, -0.2) is 10.5 Å². The lowest BCUT2D eigenvalue weighted by Crippen LogP contribution is -2.32. The number of thiophene rings is 1. The van der Waals surface area contributed by atoms with E-state index in [2.05, 4.69) is 41.7 Å². The van der Waals surface area contributed by atoms with Gasteiger partial charge in [0.1, 0.15) is 5.01 Å². The SMILES string of the molecule is CC(C)(N)CCc1csc(-c2cccs2)n1. The summed E-state index contributed by atoms with van der Waals surface area (Å²) in [5.41, 5.74) is 7.02. The summed E-state index contributed by atoms with van der Waals surface area (Å²) in [7, 11) is 0. The van der Waals surface area contributed by atoms with Gasteiger partial charge in [-0.25, -0.2) is 4.98 Å². The van der Waals surface area contributed by atoms with E-state index in [1.54, 1.807) is 22.7 Å². The molecule has 2 nitrogen and oxygen atoms in total. The molecule has 0 amide bonds. The molecule has 4 heteroatoms. The van der Waals surface area contributed by atoms with Crippen molar-refractivity contribution in [2.45, 2.75) is 32.2 Å². The zero-order chi connectivity index (χ0) is 11.6. The molecule has 16 heavy (non-hydrogen) atoms. The van der Waals surface area contributed by atoms with Gasteiger partial charge in [-0.15, -0.1) is 22.7 Å². The molecule has 0 saturated heterocycles. The predicted molar refractivity (Wildman–Crippen MR) is 72.0 cm³/mol. The van der Waals surface area contributed by atoms with Crippen molar-refractivity contribution < 1.29 is 0 Å². The van der Waals surface area contributed by atoms with Crippen molar-refractivity contribution in [1.29, 1.82) is 0 Å². The molecule has 2 aromatic heterocycles. The first kappa shape index (κ1) is 11.8. The van der Waals surface area contributed by atoms with Gasteiger partial charge >= 0.3 is 0 Å². The van der Waals surface area contributed by atoms with E-state index in [4.69, 9.17) is 5.73 Å². The van der Waals surface area contributed by atoms with E-state index in [1.807, 2.05) is 0 Å². The van der Waals surface area contributed by atoms with Crippen LogP contribution in [0.1, 0.15) is 26.0 Å². The zero-order valence-electron chi connectivity index (χ0n) is 9.56. The highest BCUT2D eigenvalue weighted by molar-refractivity contribution is 7.20. The molecule has 0 aliphatic heterocycles. The van der Waals surface area contributed by atoms with Gasteiger partial charge in [-0.3, -0.25) is 0 Å². The van der Waals surface area contributed by atoms with E-state index in [0.29, 0.717) is 0 Å². The number of aryl methyl sites for hydroxylation is 1. The standard InChI is InChI=1S/C12H16N2S2/c1-12(2,13)6-5-9-8-16-11(14-9)10-4-3-7-15-10/h3-4,7-8H,5-6,13H2,1-2H3. The number of thiazole rings is 1. The lowest BCUT2D eigenvalue weighted by atomic mass is 9.99. The number of hydrogen-bond donors (Lipinski definition) is 1. The Morgan fingerprint density at radius 1 is 1.38 bits per heavy atom. The van der Waals surface area contributed by atoms with Crippen LogP contribution in [0.3, 0.4) is 0 Å². The Morgan fingerprint density at radius 2 is 2.19 bits per heavy atom. The smallest absolute Gasteiger partial charge is 0.133 e. The Hall–Kier alpha value is -0.710. The molecular weight excluding hydrogens is 236 g/mol. The van der Waals surface area contributed by atoms with E-state index < -0.39 is 0 Å². The van der Waals surface area contributed by atoms with E-state index in [1.165, 1.54) is 4.88 Å². The minimum atomic E-state index is -0.104. The molecule has 0 atom stereocenters. The third kappa shape index (κ3) is 3.14. The average Bonchev–Trinajstić information content (AvgIpc) is 2.84. The summed E-state index contributed by atoms with van der Waals surface area (Å²) in [6.07, 6.45) is 1.94. The minimum Gasteiger partial charge on any atom is -0.326 e. The maximum Gasteiger partial charge on any atom is 0.133 e. The summed E-state index contributed by atoms with van der Waals surface area (Å²) in [5.74, 6) is 0. The normalized spacial score (nSPS) is 11.9. The van der Waals surface area contributed by atoms with E-state index in [9.17, 15) is 0 Å². The number of aromatic nitrogens is 1. The minimum absolute atomic E-state index is 0.104. The Morgan fingerprint density at radius 3 is 2.81 bits per heavy atom. The van der Waals surface area contributed by atoms with Gasteiger partial charge in [0.15, 0.2) is 0 Å². The fourth-order valence-electron chi connectivity index (χ4n) is 1.39. The monoisotopic (exact) mass is 252 g/mol. The van der Waals surface area contributed by atoms with Crippen molar-refractivity contribution >= 4 is 22.7 Å². The quantitative estimate of drug-likeness (QED) is 0.904. The first-order valence-electron chi connectivity index (χ1n) is 5.32. The van der Waals surface area contributed by atoms with Crippen LogP contribution in [0.15, 0.2) is 22.9 Å². The molecule has 2 rings (SSSR count). The van der Waals surface area contributed by atoms with Crippen LogP contribution in [0.25, 0.3) is 9.88 Å². The van der Waals surface area contributed by atoms with Crippen molar-refractivity contribution in [3.63, 3.8) is 0 Å². The fraction of sp³-hybridized carbons (Fsp3) is 0.417. The second-order valence-electron chi connectivity index (χ2n) is 4.61. The van der Waals surface area contributed by atoms with E-state index in [-0.39, 0.29) is 5.54 Å². The molecule has 0 bridgehead atoms. The largest absolute Gasteiger partial charge is 0.326 e. The number of hydrogen-bond acceptors (Lipinski definition) is 4. The Kier molecular flexibility index (Phi) is 3.42. The number of nitrogens with zero attached hydrogens (tertiary/aromatic N) is 1. The highest BCUT2D eigenvalue weighted by atomic mass is 32.1. The van der Waals surface area contributed by atoms with Gasteiger partial charge in [0.05, 0.1) is 10.6 Å². The van der Waals surface area contributed by atoms with Crippen molar-refractivity contribution in [2.75, 3.05) is 0 Å².